The maximum atomic E-state index is 3.76. The van der Waals surface area contributed by atoms with Crippen molar-refractivity contribution in [3.63, 3.8) is 0 Å². The third kappa shape index (κ3) is 1.83. The van der Waals surface area contributed by atoms with Crippen molar-refractivity contribution in [1.82, 2.24) is 15.1 Å². The van der Waals surface area contributed by atoms with Gasteiger partial charge in [-0.25, -0.2) is 0 Å². The van der Waals surface area contributed by atoms with Crippen LogP contribution < -0.4 is 5.32 Å². The molecule has 0 aromatic carbocycles. The molecule has 0 saturated carbocycles. The van der Waals surface area contributed by atoms with E-state index in [0.29, 0.717) is 0 Å². The third-order valence-corrected chi connectivity index (χ3v) is 5.90. The van der Waals surface area contributed by atoms with Crippen molar-refractivity contribution in [1.29, 1.82) is 0 Å². The Morgan fingerprint density at radius 3 is 2.50 bits per heavy atom. The lowest BCUT2D eigenvalue weighted by Gasteiger charge is -2.37. The molecule has 4 rings (SSSR count). The Labute approximate surface area is 111 Å². The Balaban J connectivity index is 1.49. The average Bonchev–Trinajstić information content (AvgIpc) is 3.13. The molecule has 4 heterocycles. The minimum atomic E-state index is 0.808. The lowest BCUT2D eigenvalue weighted by atomic mass is 9.99. The lowest BCUT2D eigenvalue weighted by Crippen LogP contribution is -2.51. The van der Waals surface area contributed by atoms with Crippen molar-refractivity contribution in [2.45, 2.75) is 69.1 Å². The second-order valence-electron chi connectivity index (χ2n) is 6.75. The Hall–Kier alpha value is -0.120. The first kappa shape index (κ1) is 11.7. The van der Waals surface area contributed by atoms with Gasteiger partial charge in [-0.3, -0.25) is 9.80 Å². The normalized spacial score (nSPS) is 46.0. The van der Waals surface area contributed by atoms with E-state index in [1.54, 1.807) is 0 Å². The first-order valence-electron chi connectivity index (χ1n) is 8.17. The fourth-order valence-electron chi connectivity index (χ4n) is 5.14. The van der Waals surface area contributed by atoms with Crippen molar-refractivity contribution in [2.75, 3.05) is 26.2 Å². The molecule has 102 valence electrons. The zero-order valence-electron chi connectivity index (χ0n) is 11.5. The first-order valence-corrected chi connectivity index (χ1v) is 8.17. The number of rotatable bonds is 2. The molecule has 4 aliphatic heterocycles. The van der Waals surface area contributed by atoms with Crippen molar-refractivity contribution in [2.24, 2.45) is 0 Å². The molecular weight excluding hydrogens is 222 g/mol. The first-order chi connectivity index (χ1) is 8.93. The molecule has 18 heavy (non-hydrogen) atoms. The van der Waals surface area contributed by atoms with Gasteiger partial charge in [-0.2, -0.15) is 0 Å². The van der Waals surface area contributed by atoms with E-state index in [0.717, 1.165) is 24.2 Å². The molecule has 0 aliphatic carbocycles. The van der Waals surface area contributed by atoms with Crippen LogP contribution in [0.15, 0.2) is 0 Å². The Morgan fingerprint density at radius 2 is 1.61 bits per heavy atom. The monoisotopic (exact) mass is 249 g/mol. The molecule has 3 nitrogen and oxygen atoms in total. The molecule has 0 aromatic rings. The van der Waals surface area contributed by atoms with E-state index in [9.17, 15) is 0 Å². The second kappa shape index (κ2) is 4.77. The smallest absolute Gasteiger partial charge is 0.0267 e. The predicted molar refractivity (Wildman–Crippen MR) is 73.8 cm³/mol. The minimum Gasteiger partial charge on any atom is -0.312 e. The van der Waals surface area contributed by atoms with Crippen LogP contribution in [-0.4, -0.2) is 60.1 Å². The summed E-state index contributed by atoms with van der Waals surface area (Å²) in [6, 6.07) is 3.47. The van der Waals surface area contributed by atoms with Crippen LogP contribution in [0.2, 0.25) is 0 Å². The van der Waals surface area contributed by atoms with Gasteiger partial charge < -0.3 is 5.32 Å². The standard InChI is InChI=1S/C15H27N3/c1-4-12(16-8-1)13-5-3-10-18(13)15-7-11-17-9-2-6-14(15)17/h12-16H,1-11H2. The van der Waals surface area contributed by atoms with Gasteiger partial charge in [0.2, 0.25) is 0 Å². The van der Waals surface area contributed by atoms with Gasteiger partial charge in [-0.05, 0) is 64.6 Å². The SMILES string of the molecule is C1CNC(C2CCCN2C2CCN3CCCC23)C1. The van der Waals surface area contributed by atoms with E-state index in [-0.39, 0.29) is 0 Å². The summed E-state index contributed by atoms with van der Waals surface area (Å²) in [4.78, 5) is 5.68. The summed E-state index contributed by atoms with van der Waals surface area (Å²) >= 11 is 0. The summed E-state index contributed by atoms with van der Waals surface area (Å²) < 4.78 is 0. The molecule has 0 spiro atoms. The van der Waals surface area contributed by atoms with E-state index in [1.807, 2.05) is 0 Å². The van der Waals surface area contributed by atoms with E-state index in [1.165, 1.54) is 71.1 Å². The molecule has 0 amide bonds. The van der Waals surface area contributed by atoms with Crippen molar-refractivity contribution in [3.8, 4) is 0 Å². The average molecular weight is 249 g/mol. The van der Waals surface area contributed by atoms with Gasteiger partial charge in [-0.1, -0.05) is 0 Å². The largest absolute Gasteiger partial charge is 0.312 e. The summed E-state index contributed by atoms with van der Waals surface area (Å²) in [6.45, 7) is 5.38. The Morgan fingerprint density at radius 1 is 0.722 bits per heavy atom. The predicted octanol–water partition coefficient (Wildman–Crippen LogP) is 1.44. The molecule has 0 radical (unpaired) electrons. The summed E-state index contributed by atoms with van der Waals surface area (Å²) in [7, 11) is 0. The maximum Gasteiger partial charge on any atom is 0.0267 e. The molecule has 4 fully saturated rings. The van der Waals surface area contributed by atoms with Crippen molar-refractivity contribution < 1.29 is 0 Å². The Kier molecular flexibility index (Phi) is 3.10. The highest BCUT2D eigenvalue weighted by molar-refractivity contribution is 5.02. The van der Waals surface area contributed by atoms with Gasteiger partial charge in [0.25, 0.3) is 0 Å². The van der Waals surface area contributed by atoms with Gasteiger partial charge in [-0.15, -0.1) is 0 Å². The van der Waals surface area contributed by atoms with E-state index in [4.69, 9.17) is 0 Å². The number of hydrogen-bond donors (Lipinski definition) is 1. The van der Waals surface area contributed by atoms with Gasteiger partial charge in [0, 0.05) is 30.7 Å². The molecule has 4 unspecified atom stereocenters. The number of fused-ring (bicyclic) bond motifs is 1. The highest BCUT2D eigenvalue weighted by atomic mass is 15.3. The van der Waals surface area contributed by atoms with Crippen LogP contribution in [0.4, 0.5) is 0 Å². The number of likely N-dealkylation sites (tertiary alicyclic amines) is 1. The van der Waals surface area contributed by atoms with Crippen LogP contribution in [0.1, 0.15) is 44.9 Å². The fraction of sp³-hybridized carbons (Fsp3) is 1.00. The van der Waals surface area contributed by atoms with E-state index < -0.39 is 0 Å². The van der Waals surface area contributed by atoms with E-state index >= 15 is 0 Å². The summed E-state index contributed by atoms with van der Waals surface area (Å²) in [5, 5.41) is 3.76. The lowest BCUT2D eigenvalue weighted by molar-refractivity contribution is 0.126. The van der Waals surface area contributed by atoms with Crippen LogP contribution in [0.5, 0.6) is 0 Å². The second-order valence-corrected chi connectivity index (χ2v) is 6.75. The van der Waals surface area contributed by atoms with Crippen LogP contribution in [-0.2, 0) is 0 Å². The summed E-state index contributed by atoms with van der Waals surface area (Å²) in [5.41, 5.74) is 0. The van der Waals surface area contributed by atoms with Crippen LogP contribution in [0.25, 0.3) is 0 Å². The third-order valence-electron chi connectivity index (χ3n) is 5.90. The molecule has 4 atom stereocenters. The molecule has 0 aromatic heterocycles. The molecular formula is C15H27N3. The van der Waals surface area contributed by atoms with Crippen molar-refractivity contribution >= 4 is 0 Å². The van der Waals surface area contributed by atoms with Crippen LogP contribution in [0, 0.1) is 0 Å². The van der Waals surface area contributed by atoms with Crippen molar-refractivity contribution in [3.05, 3.63) is 0 Å². The van der Waals surface area contributed by atoms with Crippen LogP contribution >= 0.6 is 0 Å². The zero-order chi connectivity index (χ0) is 11.9. The highest BCUT2D eigenvalue weighted by Crippen LogP contribution is 2.36. The fourth-order valence-corrected chi connectivity index (χ4v) is 5.14. The molecule has 1 N–H and O–H groups in total. The quantitative estimate of drug-likeness (QED) is 0.799. The summed E-state index contributed by atoms with van der Waals surface area (Å²) in [5.74, 6) is 0. The molecule has 0 bridgehead atoms. The van der Waals surface area contributed by atoms with Gasteiger partial charge in [0.15, 0.2) is 0 Å². The van der Waals surface area contributed by atoms with Gasteiger partial charge >= 0.3 is 0 Å². The molecule has 4 aliphatic rings. The van der Waals surface area contributed by atoms with Gasteiger partial charge in [0.05, 0.1) is 0 Å². The topological polar surface area (TPSA) is 18.5 Å². The summed E-state index contributed by atoms with van der Waals surface area (Å²) in [6.07, 6.45) is 10.0. The minimum absolute atomic E-state index is 0.808. The van der Waals surface area contributed by atoms with E-state index in [2.05, 4.69) is 15.1 Å². The molecule has 4 saturated heterocycles. The van der Waals surface area contributed by atoms with Gasteiger partial charge in [0.1, 0.15) is 0 Å². The van der Waals surface area contributed by atoms with Crippen LogP contribution in [0.3, 0.4) is 0 Å². The number of nitrogens with one attached hydrogen (secondary N) is 1. The number of nitrogens with zero attached hydrogens (tertiary/aromatic N) is 2. The molecule has 3 heteroatoms. The maximum absolute atomic E-state index is 3.76. The zero-order valence-corrected chi connectivity index (χ0v) is 11.5. The number of hydrogen-bond acceptors (Lipinski definition) is 3. The highest BCUT2D eigenvalue weighted by Gasteiger charge is 2.45. The Bertz CT molecular complexity index is 300.